The van der Waals surface area contributed by atoms with Crippen LogP contribution in [0.5, 0.6) is 0 Å². The van der Waals surface area contributed by atoms with E-state index in [1.807, 2.05) is 18.2 Å². The molecule has 2 bridgehead atoms. The van der Waals surface area contributed by atoms with Crippen LogP contribution >= 0.6 is 34.8 Å². The summed E-state index contributed by atoms with van der Waals surface area (Å²) >= 11 is 18.1. The molecule has 1 aliphatic heterocycles. The Hall–Kier alpha value is -0.780. The van der Waals surface area contributed by atoms with E-state index in [0.717, 1.165) is 18.4 Å². The van der Waals surface area contributed by atoms with Gasteiger partial charge in [-0.2, -0.15) is 4.31 Å². The maximum absolute atomic E-state index is 13.1. The van der Waals surface area contributed by atoms with E-state index >= 15 is 0 Å². The van der Waals surface area contributed by atoms with E-state index in [1.54, 1.807) is 4.31 Å². The first-order valence-electron chi connectivity index (χ1n) is 7.63. The van der Waals surface area contributed by atoms with Crippen LogP contribution in [0.15, 0.2) is 41.3 Å². The van der Waals surface area contributed by atoms with Crippen LogP contribution in [0.2, 0.25) is 15.1 Å². The summed E-state index contributed by atoms with van der Waals surface area (Å²) in [7, 11) is -3.68. The summed E-state index contributed by atoms with van der Waals surface area (Å²) < 4.78 is 27.9. The Morgan fingerprint density at radius 2 is 1.62 bits per heavy atom. The van der Waals surface area contributed by atoms with E-state index in [1.165, 1.54) is 23.8 Å². The van der Waals surface area contributed by atoms with Gasteiger partial charge in [0.2, 0.25) is 10.0 Å². The number of hydrogen-bond donors (Lipinski definition) is 0. The van der Waals surface area contributed by atoms with Gasteiger partial charge in [-0.05, 0) is 60.2 Å². The lowest BCUT2D eigenvalue weighted by atomic mass is 9.97. The molecule has 1 heterocycles. The van der Waals surface area contributed by atoms with Gasteiger partial charge in [-0.1, -0.05) is 40.9 Å². The van der Waals surface area contributed by atoms with Gasteiger partial charge in [0.15, 0.2) is 0 Å². The largest absolute Gasteiger partial charge is 0.243 e. The molecule has 0 spiro atoms. The number of fused-ring (bicyclic) bond motifs is 5. The number of hydrogen-bond acceptors (Lipinski definition) is 2. The third kappa shape index (κ3) is 2.65. The highest BCUT2D eigenvalue weighted by Gasteiger charge is 2.44. The molecule has 0 amide bonds. The Bertz CT molecular complexity index is 909. The van der Waals surface area contributed by atoms with Crippen LogP contribution in [0.4, 0.5) is 0 Å². The predicted molar refractivity (Wildman–Crippen MR) is 96.5 cm³/mol. The second kappa shape index (κ2) is 5.89. The zero-order chi connectivity index (χ0) is 17.1. The molecule has 126 valence electrons. The third-order valence-corrected chi connectivity index (χ3v) is 7.40. The Kier molecular flexibility index (Phi) is 4.09. The van der Waals surface area contributed by atoms with Crippen LogP contribution in [0.1, 0.15) is 35.9 Å². The van der Waals surface area contributed by atoms with Crippen molar-refractivity contribution < 1.29 is 8.42 Å². The van der Waals surface area contributed by atoms with Gasteiger partial charge >= 0.3 is 0 Å². The monoisotopic (exact) mass is 401 g/mol. The van der Waals surface area contributed by atoms with Gasteiger partial charge in [0.25, 0.3) is 0 Å². The topological polar surface area (TPSA) is 37.4 Å². The third-order valence-electron chi connectivity index (χ3n) is 4.84. The lowest BCUT2D eigenvalue weighted by molar-refractivity contribution is 0.259. The van der Waals surface area contributed by atoms with E-state index < -0.39 is 10.0 Å². The van der Waals surface area contributed by atoms with Crippen molar-refractivity contribution in [3.05, 3.63) is 62.6 Å². The van der Waals surface area contributed by atoms with Crippen molar-refractivity contribution in [3.63, 3.8) is 0 Å². The molecule has 2 atom stereocenters. The van der Waals surface area contributed by atoms with E-state index in [9.17, 15) is 8.42 Å². The van der Waals surface area contributed by atoms with Crippen LogP contribution in [-0.4, -0.2) is 19.3 Å². The van der Waals surface area contributed by atoms with Gasteiger partial charge in [-0.3, -0.25) is 0 Å². The minimum Gasteiger partial charge on any atom is -0.207 e. The van der Waals surface area contributed by atoms with Gasteiger partial charge < -0.3 is 0 Å². The average Bonchev–Trinajstić information content (AvgIpc) is 2.78. The molecule has 1 saturated heterocycles. The molecule has 0 saturated carbocycles. The molecule has 3 nitrogen and oxygen atoms in total. The highest BCUT2D eigenvalue weighted by molar-refractivity contribution is 7.89. The highest BCUT2D eigenvalue weighted by atomic mass is 35.5. The van der Waals surface area contributed by atoms with Gasteiger partial charge in [0, 0.05) is 21.6 Å². The predicted octanol–water partition coefficient (Wildman–Crippen LogP) is 5.27. The maximum Gasteiger partial charge on any atom is 0.243 e. The number of piperidine rings is 1. The molecule has 1 fully saturated rings. The SMILES string of the molecule is O=S(=O)(c1cc(Cl)cc(Cl)c1)N1CCC2CC1c1cc(Cl)ccc12. The van der Waals surface area contributed by atoms with Crippen molar-refractivity contribution in [2.24, 2.45) is 0 Å². The Morgan fingerprint density at radius 3 is 2.33 bits per heavy atom. The summed E-state index contributed by atoms with van der Waals surface area (Å²) in [5.74, 6) is 0.400. The molecule has 2 unspecified atom stereocenters. The average molecular weight is 403 g/mol. The van der Waals surface area contributed by atoms with Crippen LogP contribution in [0, 0.1) is 0 Å². The number of rotatable bonds is 2. The molecule has 4 rings (SSSR count). The number of sulfonamides is 1. The highest BCUT2D eigenvalue weighted by Crippen LogP contribution is 2.51. The summed E-state index contributed by atoms with van der Waals surface area (Å²) in [5.41, 5.74) is 2.23. The van der Waals surface area contributed by atoms with Crippen LogP contribution in [0.3, 0.4) is 0 Å². The first kappa shape index (κ1) is 16.7. The minimum absolute atomic E-state index is 0.133. The van der Waals surface area contributed by atoms with Gasteiger partial charge in [-0.25, -0.2) is 8.42 Å². The van der Waals surface area contributed by atoms with Gasteiger partial charge in [0.1, 0.15) is 0 Å². The molecule has 24 heavy (non-hydrogen) atoms. The Morgan fingerprint density at radius 1 is 0.917 bits per heavy atom. The molecule has 7 heteroatoms. The number of halogens is 3. The number of nitrogens with zero attached hydrogens (tertiary/aromatic N) is 1. The zero-order valence-corrected chi connectivity index (χ0v) is 15.6. The molecule has 0 N–H and O–H groups in total. The first-order valence-corrected chi connectivity index (χ1v) is 10.2. The van der Waals surface area contributed by atoms with Crippen LogP contribution in [0.25, 0.3) is 0 Å². The molecule has 2 aliphatic rings. The van der Waals surface area contributed by atoms with Crippen molar-refractivity contribution in [2.45, 2.75) is 29.7 Å². The summed E-state index contributed by atoms with van der Waals surface area (Å²) in [4.78, 5) is 0.133. The van der Waals surface area contributed by atoms with E-state index in [2.05, 4.69) is 0 Å². The summed E-state index contributed by atoms with van der Waals surface area (Å²) in [6, 6.07) is 10.0. The maximum atomic E-state index is 13.1. The summed E-state index contributed by atoms with van der Waals surface area (Å²) in [6.45, 7) is 0.480. The second-order valence-corrected chi connectivity index (χ2v) is 9.43. The van der Waals surface area contributed by atoms with Gasteiger partial charge in [-0.15, -0.1) is 0 Å². The molecule has 1 aliphatic carbocycles. The van der Waals surface area contributed by atoms with E-state index in [-0.39, 0.29) is 10.9 Å². The number of benzene rings is 2. The van der Waals surface area contributed by atoms with Gasteiger partial charge in [0.05, 0.1) is 10.9 Å². The fraction of sp³-hybridized carbons (Fsp3) is 0.294. The zero-order valence-electron chi connectivity index (χ0n) is 12.5. The first-order chi connectivity index (χ1) is 11.4. The van der Waals surface area contributed by atoms with E-state index in [0.29, 0.717) is 27.5 Å². The fourth-order valence-corrected chi connectivity index (χ4v) is 6.35. The minimum atomic E-state index is -3.68. The Labute approximate surface area is 156 Å². The van der Waals surface area contributed by atoms with Crippen molar-refractivity contribution in [3.8, 4) is 0 Å². The summed E-state index contributed by atoms with van der Waals surface area (Å²) in [5, 5.41) is 1.25. The second-order valence-electron chi connectivity index (χ2n) is 6.23. The Balaban J connectivity index is 1.79. The molecule has 0 aromatic heterocycles. The molecule has 2 aromatic carbocycles. The smallest absolute Gasteiger partial charge is 0.207 e. The van der Waals surface area contributed by atoms with Crippen molar-refractivity contribution >= 4 is 44.8 Å². The van der Waals surface area contributed by atoms with Crippen molar-refractivity contribution in [2.75, 3.05) is 6.54 Å². The normalized spacial score (nSPS) is 23.3. The molecule has 2 aromatic rings. The lowest BCUT2D eigenvalue weighted by Crippen LogP contribution is -2.37. The van der Waals surface area contributed by atoms with Crippen LogP contribution < -0.4 is 0 Å². The van der Waals surface area contributed by atoms with E-state index in [4.69, 9.17) is 34.8 Å². The standard InChI is InChI=1S/C17H14Cl3NO2S/c18-11-1-2-15-10-3-4-21(17(5-10)16(15)9-11)24(22,23)14-7-12(19)6-13(20)8-14/h1-2,6-10,17H,3-5H2. The van der Waals surface area contributed by atoms with Crippen molar-refractivity contribution in [1.82, 2.24) is 4.31 Å². The molecular weight excluding hydrogens is 389 g/mol. The lowest BCUT2D eigenvalue weighted by Gasteiger charge is -2.32. The molecular formula is C17H14Cl3NO2S. The van der Waals surface area contributed by atoms with Crippen molar-refractivity contribution in [1.29, 1.82) is 0 Å². The fourth-order valence-electron chi connectivity index (χ4n) is 3.81. The summed E-state index contributed by atoms with van der Waals surface area (Å²) in [6.07, 6.45) is 1.60. The van der Waals surface area contributed by atoms with Crippen LogP contribution in [-0.2, 0) is 10.0 Å². The quantitative estimate of drug-likeness (QED) is 0.686. The molecule has 0 radical (unpaired) electrons.